The third-order valence-electron chi connectivity index (χ3n) is 4.27. The normalized spacial score (nSPS) is 14.9. The van der Waals surface area contributed by atoms with Crippen LogP contribution in [0, 0.1) is 11.6 Å². The lowest BCUT2D eigenvalue weighted by molar-refractivity contribution is -0.0436. The first kappa shape index (κ1) is 19.0. The summed E-state index contributed by atoms with van der Waals surface area (Å²) in [6, 6.07) is 2.62. The molecule has 0 aliphatic carbocycles. The van der Waals surface area contributed by atoms with E-state index in [9.17, 15) is 13.9 Å². The molecule has 0 aliphatic rings. The molecule has 1 aromatic heterocycles. The Kier molecular flexibility index (Phi) is 6.17. The van der Waals surface area contributed by atoms with Gasteiger partial charge >= 0.3 is 0 Å². The number of aromatic amines is 1. The van der Waals surface area contributed by atoms with Gasteiger partial charge in [-0.3, -0.25) is 10.00 Å². The quantitative estimate of drug-likeness (QED) is 0.684. The minimum absolute atomic E-state index is 0.00377. The zero-order valence-electron chi connectivity index (χ0n) is 14.1. The maximum Gasteiger partial charge on any atom is 0.137 e. The molecule has 0 aliphatic heterocycles. The predicted octanol–water partition coefficient (Wildman–Crippen LogP) is 2.58. The van der Waals surface area contributed by atoms with Crippen molar-refractivity contribution in [3.63, 3.8) is 0 Å². The topological polar surface area (TPSA) is 65.0 Å². The minimum Gasteiger partial charge on any atom is -0.383 e. The molecule has 2 unspecified atom stereocenters. The average molecular weight is 348 g/mol. The van der Waals surface area contributed by atoms with Crippen LogP contribution in [0.3, 0.4) is 0 Å². The zero-order chi connectivity index (χ0) is 18.4. The highest BCUT2D eigenvalue weighted by molar-refractivity contribution is 5.28. The van der Waals surface area contributed by atoms with Crippen molar-refractivity contribution in [2.45, 2.75) is 25.0 Å². The lowest BCUT2D eigenvalue weighted by Gasteiger charge is -2.40. The molecule has 0 radical (unpaired) electrons. The van der Waals surface area contributed by atoms with Crippen LogP contribution in [0.1, 0.15) is 18.3 Å². The van der Waals surface area contributed by atoms with Crippen LogP contribution in [0.15, 0.2) is 49.8 Å². The zero-order valence-corrected chi connectivity index (χ0v) is 14.1. The summed E-state index contributed by atoms with van der Waals surface area (Å²) in [4.78, 5) is 5.91. The minimum atomic E-state index is -1.66. The van der Waals surface area contributed by atoms with Crippen LogP contribution in [0.2, 0.25) is 0 Å². The van der Waals surface area contributed by atoms with E-state index in [4.69, 9.17) is 0 Å². The number of benzene rings is 1. The van der Waals surface area contributed by atoms with Crippen molar-refractivity contribution in [3.8, 4) is 0 Å². The first-order valence-corrected chi connectivity index (χ1v) is 7.90. The van der Waals surface area contributed by atoms with E-state index in [1.54, 1.807) is 19.1 Å². The number of H-pyrrole nitrogens is 1. The number of nitrogens with zero attached hydrogens (tertiary/aromatic N) is 3. The Morgan fingerprint density at radius 3 is 2.52 bits per heavy atom. The Balaban J connectivity index is 2.50. The maximum atomic E-state index is 14.5. The summed E-state index contributed by atoms with van der Waals surface area (Å²) in [7, 11) is 0. The average Bonchev–Trinajstić information content (AvgIpc) is 3.06. The summed E-state index contributed by atoms with van der Waals surface area (Å²) in [6.45, 7) is 10.1. The van der Waals surface area contributed by atoms with E-state index >= 15 is 0 Å². The summed E-state index contributed by atoms with van der Waals surface area (Å²) >= 11 is 0. The largest absolute Gasteiger partial charge is 0.383 e. The second-order valence-corrected chi connectivity index (χ2v) is 5.86. The molecule has 2 N–H and O–H groups in total. The molecule has 0 saturated heterocycles. The molecule has 0 amide bonds. The molecule has 2 atom stereocenters. The van der Waals surface area contributed by atoms with Crippen molar-refractivity contribution in [1.29, 1.82) is 0 Å². The van der Waals surface area contributed by atoms with Gasteiger partial charge in [0.25, 0.3) is 0 Å². The molecule has 2 aromatic rings. The molecule has 0 bridgehead atoms. The predicted molar refractivity (Wildman–Crippen MR) is 91.8 cm³/mol. The Hall–Kier alpha value is -2.38. The van der Waals surface area contributed by atoms with Crippen molar-refractivity contribution in [3.05, 3.63) is 72.9 Å². The molecule has 0 spiro atoms. The van der Waals surface area contributed by atoms with Crippen LogP contribution in [-0.2, 0) is 12.0 Å². The van der Waals surface area contributed by atoms with Gasteiger partial charge in [0.05, 0.1) is 0 Å². The number of aliphatic hydroxyl groups is 1. The molecule has 2 rings (SSSR count). The van der Waals surface area contributed by atoms with E-state index < -0.39 is 23.3 Å². The van der Waals surface area contributed by atoms with Crippen LogP contribution in [0.4, 0.5) is 8.78 Å². The summed E-state index contributed by atoms with van der Waals surface area (Å²) in [5.41, 5.74) is -1.67. The third kappa shape index (κ3) is 4.18. The van der Waals surface area contributed by atoms with Crippen LogP contribution >= 0.6 is 0 Å². The molecule has 134 valence electrons. The number of hydrogen-bond donors (Lipinski definition) is 2. The van der Waals surface area contributed by atoms with Crippen molar-refractivity contribution in [2.24, 2.45) is 0 Å². The number of halogens is 2. The van der Waals surface area contributed by atoms with Gasteiger partial charge in [-0.15, -0.1) is 13.2 Å². The highest BCUT2D eigenvalue weighted by Crippen LogP contribution is 2.33. The monoisotopic (exact) mass is 348 g/mol. The number of aromatic nitrogens is 3. The van der Waals surface area contributed by atoms with Gasteiger partial charge < -0.3 is 5.11 Å². The van der Waals surface area contributed by atoms with Gasteiger partial charge in [0.1, 0.15) is 29.4 Å². The van der Waals surface area contributed by atoms with Gasteiger partial charge in [0, 0.05) is 37.2 Å². The SMILES string of the molecule is C=CCN(CC=C)C(C)C(O)(Cc1ncn[nH]1)c1ccc(F)cc1F. The molecular formula is C18H22F2N4O. The van der Waals surface area contributed by atoms with Crippen molar-refractivity contribution >= 4 is 0 Å². The molecule has 5 nitrogen and oxygen atoms in total. The first-order valence-electron chi connectivity index (χ1n) is 7.90. The van der Waals surface area contributed by atoms with Crippen LogP contribution in [0.5, 0.6) is 0 Å². The molecule has 1 heterocycles. The third-order valence-corrected chi connectivity index (χ3v) is 4.27. The van der Waals surface area contributed by atoms with Crippen LogP contribution in [-0.4, -0.2) is 44.3 Å². The summed E-state index contributed by atoms with van der Waals surface area (Å²) in [5, 5.41) is 17.9. The van der Waals surface area contributed by atoms with Gasteiger partial charge in [-0.2, -0.15) is 5.10 Å². The van der Waals surface area contributed by atoms with Crippen LogP contribution < -0.4 is 0 Å². The Labute approximate surface area is 145 Å². The Morgan fingerprint density at radius 2 is 2.00 bits per heavy atom. The molecule has 0 saturated carbocycles. The lowest BCUT2D eigenvalue weighted by Crippen LogP contribution is -2.51. The van der Waals surface area contributed by atoms with E-state index in [0.29, 0.717) is 18.9 Å². The van der Waals surface area contributed by atoms with Gasteiger partial charge in [-0.1, -0.05) is 18.2 Å². The van der Waals surface area contributed by atoms with Gasteiger partial charge in [0.15, 0.2) is 0 Å². The maximum absolute atomic E-state index is 14.5. The van der Waals surface area contributed by atoms with E-state index in [1.165, 1.54) is 12.4 Å². The van der Waals surface area contributed by atoms with Gasteiger partial charge in [-0.25, -0.2) is 13.8 Å². The standard InChI is InChI=1S/C18H22F2N4O/c1-4-8-24(9-5-2)13(3)18(25,11-17-21-12-22-23-17)15-7-6-14(19)10-16(15)20/h4-7,10,12-13,25H,1-2,8-9,11H2,3H3,(H,21,22,23). The smallest absolute Gasteiger partial charge is 0.137 e. The number of hydrogen-bond acceptors (Lipinski definition) is 4. The molecule has 0 fully saturated rings. The number of nitrogens with one attached hydrogen (secondary N) is 1. The fourth-order valence-corrected chi connectivity index (χ4v) is 2.90. The molecule has 7 heteroatoms. The molecule has 25 heavy (non-hydrogen) atoms. The van der Waals surface area contributed by atoms with Crippen molar-refractivity contribution < 1.29 is 13.9 Å². The molecular weight excluding hydrogens is 326 g/mol. The molecule has 1 aromatic carbocycles. The highest BCUT2D eigenvalue weighted by atomic mass is 19.1. The van der Waals surface area contributed by atoms with E-state index in [1.807, 2.05) is 4.90 Å². The number of rotatable bonds is 9. The van der Waals surface area contributed by atoms with Crippen molar-refractivity contribution in [2.75, 3.05) is 13.1 Å². The van der Waals surface area contributed by atoms with Crippen molar-refractivity contribution in [1.82, 2.24) is 20.1 Å². The fraction of sp³-hybridized carbons (Fsp3) is 0.333. The Morgan fingerprint density at radius 1 is 1.32 bits per heavy atom. The summed E-state index contributed by atoms with van der Waals surface area (Å²) < 4.78 is 27.8. The summed E-state index contributed by atoms with van der Waals surface area (Å²) in [6.07, 6.45) is 4.68. The Bertz CT molecular complexity index is 710. The van der Waals surface area contributed by atoms with Crippen LogP contribution in [0.25, 0.3) is 0 Å². The first-order chi connectivity index (χ1) is 11.9. The van der Waals surface area contributed by atoms with Gasteiger partial charge in [0.2, 0.25) is 0 Å². The fourth-order valence-electron chi connectivity index (χ4n) is 2.90. The lowest BCUT2D eigenvalue weighted by atomic mass is 9.82. The second-order valence-electron chi connectivity index (χ2n) is 5.86. The second kappa shape index (κ2) is 8.13. The van der Waals surface area contributed by atoms with Gasteiger partial charge in [-0.05, 0) is 13.0 Å². The highest BCUT2D eigenvalue weighted by Gasteiger charge is 2.41. The summed E-state index contributed by atoms with van der Waals surface area (Å²) in [5.74, 6) is -1.12. The van der Waals surface area contributed by atoms with E-state index in [-0.39, 0.29) is 12.0 Å². The van der Waals surface area contributed by atoms with E-state index in [2.05, 4.69) is 28.3 Å². The van der Waals surface area contributed by atoms with E-state index in [0.717, 1.165) is 12.1 Å².